The van der Waals surface area contributed by atoms with Crippen molar-refractivity contribution in [1.82, 2.24) is 4.57 Å². The Morgan fingerprint density at radius 1 is 0.848 bits per heavy atom. The summed E-state index contributed by atoms with van der Waals surface area (Å²) in [6.07, 6.45) is 0. The monoisotopic (exact) mass is 452 g/mol. The number of nitrogens with two attached hydrogens (primary N) is 2. The summed E-state index contributed by atoms with van der Waals surface area (Å²) in [6.45, 7) is 0.473. The predicted octanol–water partition coefficient (Wildman–Crippen LogP) is 5.16. The minimum atomic E-state index is -0.495. The number of aromatic nitrogens is 1. The van der Waals surface area contributed by atoms with Gasteiger partial charge in [0.05, 0.1) is 11.0 Å². The molecule has 0 bridgehead atoms. The normalized spacial score (nSPS) is 11.2. The molecular weight excluding hydrogens is 434 g/mol. The zero-order valence-electron chi connectivity index (χ0n) is 17.5. The van der Waals surface area contributed by atoms with Crippen molar-refractivity contribution >= 4 is 45.2 Å². The van der Waals surface area contributed by atoms with E-state index in [9.17, 15) is 9.59 Å². The van der Waals surface area contributed by atoms with Crippen LogP contribution in [-0.4, -0.2) is 16.4 Å². The van der Waals surface area contributed by atoms with Crippen LogP contribution in [-0.2, 0) is 6.54 Å². The van der Waals surface area contributed by atoms with Gasteiger partial charge in [-0.1, -0.05) is 41.9 Å². The first-order valence-electron chi connectivity index (χ1n) is 10.3. The Bertz CT molecular complexity index is 1550. The largest absolute Gasteiger partial charge is 0.366 e. The van der Waals surface area contributed by atoms with E-state index >= 15 is 0 Å². The third-order valence-electron chi connectivity index (χ3n) is 5.79. The molecule has 0 unspecified atom stereocenters. The van der Waals surface area contributed by atoms with Gasteiger partial charge >= 0.3 is 0 Å². The molecule has 0 aliphatic rings. The molecule has 5 nitrogen and oxygen atoms in total. The van der Waals surface area contributed by atoms with Crippen LogP contribution >= 0.6 is 11.6 Å². The SMILES string of the molecule is NC(=O)c1cccc(Cn2c3cc(-c4ccc(Cl)cc4)c[c]c3c3c(C(N)=O)cccc32)c1. The second-order valence-electron chi connectivity index (χ2n) is 7.87. The van der Waals surface area contributed by atoms with E-state index in [-0.39, 0.29) is 0 Å². The lowest BCUT2D eigenvalue weighted by Crippen LogP contribution is -2.12. The number of carbonyl (C=O) groups excluding carboxylic acids is 2. The molecule has 0 aliphatic heterocycles. The van der Waals surface area contributed by atoms with Crippen LogP contribution in [0, 0.1) is 6.07 Å². The smallest absolute Gasteiger partial charge is 0.249 e. The summed E-state index contributed by atoms with van der Waals surface area (Å²) in [5.74, 6) is -0.973. The van der Waals surface area contributed by atoms with Gasteiger partial charge in [-0.3, -0.25) is 9.59 Å². The van der Waals surface area contributed by atoms with Crippen LogP contribution in [0.4, 0.5) is 0 Å². The summed E-state index contributed by atoms with van der Waals surface area (Å²) in [5.41, 5.74) is 16.7. The maximum atomic E-state index is 12.2. The number of primary amides is 2. The van der Waals surface area contributed by atoms with Crippen LogP contribution in [0.25, 0.3) is 32.9 Å². The van der Waals surface area contributed by atoms with Gasteiger partial charge in [0.25, 0.3) is 0 Å². The number of halogens is 1. The van der Waals surface area contributed by atoms with Gasteiger partial charge in [-0.05, 0) is 71.3 Å². The molecule has 6 heteroatoms. The number of rotatable bonds is 5. The van der Waals surface area contributed by atoms with Gasteiger partial charge in [-0.2, -0.15) is 0 Å². The second kappa shape index (κ2) is 8.11. The summed E-state index contributed by atoms with van der Waals surface area (Å²) in [5, 5.41) is 2.23. The predicted molar refractivity (Wildman–Crippen MR) is 131 cm³/mol. The van der Waals surface area contributed by atoms with E-state index in [1.807, 2.05) is 54.6 Å². The van der Waals surface area contributed by atoms with Gasteiger partial charge in [-0.15, -0.1) is 0 Å². The molecular formula is C27H19ClN3O2. The summed E-state index contributed by atoms with van der Waals surface area (Å²) in [4.78, 5) is 23.9. The van der Waals surface area contributed by atoms with Crippen LogP contribution in [0.1, 0.15) is 26.3 Å². The molecule has 33 heavy (non-hydrogen) atoms. The van der Waals surface area contributed by atoms with Crippen LogP contribution in [0.15, 0.2) is 78.9 Å². The average molecular weight is 453 g/mol. The summed E-state index contributed by atoms with van der Waals surface area (Å²) in [6, 6.07) is 27.7. The maximum Gasteiger partial charge on any atom is 0.249 e. The lowest BCUT2D eigenvalue weighted by Gasteiger charge is -2.10. The molecule has 0 saturated heterocycles. The van der Waals surface area contributed by atoms with Crippen molar-refractivity contribution < 1.29 is 9.59 Å². The molecule has 4 N–H and O–H groups in total. The minimum absolute atomic E-state index is 0.442. The summed E-state index contributed by atoms with van der Waals surface area (Å²) < 4.78 is 2.10. The summed E-state index contributed by atoms with van der Waals surface area (Å²) in [7, 11) is 0. The Morgan fingerprint density at radius 2 is 1.61 bits per heavy atom. The molecule has 0 fully saturated rings. The fourth-order valence-corrected chi connectivity index (χ4v) is 4.37. The number of nitrogens with zero attached hydrogens (tertiary/aromatic N) is 1. The molecule has 161 valence electrons. The molecule has 4 aromatic carbocycles. The Hall–Kier alpha value is -4.09. The number of benzene rings is 4. The highest BCUT2D eigenvalue weighted by Crippen LogP contribution is 2.35. The van der Waals surface area contributed by atoms with Crippen molar-refractivity contribution in [1.29, 1.82) is 0 Å². The van der Waals surface area contributed by atoms with Gasteiger partial charge in [0.15, 0.2) is 0 Å². The molecule has 5 rings (SSSR count). The van der Waals surface area contributed by atoms with Gasteiger partial charge in [0, 0.05) is 33.5 Å². The molecule has 0 saturated carbocycles. The molecule has 5 aromatic rings. The first-order chi connectivity index (χ1) is 15.9. The highest BCUT2D eigenvalue weighted by atomic mass is 35.5. The number of carbonyl (C=O) groups is 2. The molecule has 1 radical (unpaired) electrons. The third-order valence-corrected chi connectivity index (χ3v) is 6.04. The lowest BCUT2D eigenvalue weighted by molar-refractivity contribution is 0.0992. The first-order valence-corrected chi connectivity index (χ1v) is 10.7. The molecule has 1 heterocycles. The van der Waals surface area contributed by atoms with Crippen molar-refractivity contribution in [2.45, 2.75) is 6.54 Å². The summed E-state index contributed by atoms with van der Waals surface area (Å²) >= 11 is 6.06. The van der Waals surface area contributed by atoms with E-state index < -0.39 is 11.8 Å². The van der Waals surface area contributed by atoms with Crippen molar-refractivity contribution in [3.05, 3.63) is 107 Å². The number of amides is 2. The lowest BCUT2D eigenvalue weighted by atomic mass is 10.0. The van der Waals surface area contributed by atoms with Crippen molar-refractivity contribution in [3.63, 3.8) is 0 Å². The molecule has 2 amide bonds. The Kier molecular flexibility index (Phi) is 5.11. The zero-order valence-corrected chi connectivity index (χ0v) is 18.3. The Balaban J connectivity index is 1.77. The molecule has 0 aliphatic carbocycles. The first kappa shape index (κ1) is 20.8. The number of fused-ring (bicyclic) bond motifs is 3. The van der Waals surface area contributed by atoms with Crippen molar-refractivity contribution in [3.8, 4) is 11.1 Å². The Morgan fingerprint density at radius 3 is 2.33 bits per heavy atom. The van der Waals surface area contributed by atoms with E-state index in [0.29, 0.717) is 22.7 Å². The van der Waals surface area contributed by atoms with Crippen molar-refractivity contribution in [2.24, 2.45) is 11.5 Å². The van der Waals surface area contributed by atoms with E-state index in [2.05, 4.69) is 16.7 Å². The van der Waals surface area contributed by atoms with E-state index in [1.54, 1.807) is 18.2 Å². The fourth-order valence-electron chi connectivity index (χ4n) is 4.25. The number of hydrogen-bond acceptors (Lipinski definition) is 2. The van der Waals surface area contributed by atoms with Crippen LogP contribution in [0.3, 0.4) is 0 Å². The van der Waals surface area contributed by atoms with Crippen LogP contribution in [0.5, 0.6) is 0 Å². The zero-order chi connectivity index (χ0) is 23.1. The fraction of sp³-hybridized carbons (Fsp3) is 0.0370. The van der Waals surface area contributed by atoms with Crippen LogP contribution < -0.4 is 11.5 Å². The van der Waals surface area contributed by atoms with Crippen molar-refractivity contribution in [2.75, 3.05) is 0 Å². The third kappa shape index (κ3) is 3.73. The average Bonchev–Trinajstić information content (AvgIpc) is 3.12. The quantitative estimate of drug-likeness (QED) is 0.385. The van der Waals surface area contributed by atoms with Crippen LogP contribution in [0.2, 0.25) is 5.02 Å². The Labute approximate surface area is 195 Å². The van der Waals surface area contributed by atoms with Gasteiger partial charge in [-0.25, -0.2) is 0 Å². The minimum Gasteiger partial charge on any atom is -0.366 e. The molecule has 0 atom stereocenters. The standard InChI is InChI=1S/C27H19ClN3O2/c28-20-10-7-17(8-11-20)18-9-12-21-24(14-18)31(15-16-3-1-4-19(13-16)26(29)32)23-6-2-5-22(25(21)23)27(30)33/h1-11,13-14H,15H2,(H2,29,32)(H2,30,33). The topological polar surface area (TPSA) is 91.1 Å². The number of hydrogen-bond donors (Lipinski definition) is 2. The highest BCUT2D eigenvalue weighted by Gasteiger charge is 2.18. The second-order valence-corrected chi connectivity index (χ2v) is 8.31. The van der Waals surface area contributed by atoms with Gasteiger partial charge in [0.2, 0.25) is 11.8 Å². The van der Waals surface area contributed by atoms with E-state index in [4.69, 9.17) is 23.1 Å². The molecule has 0 spiro atoms. The van der Waals surface area contributed by atoms with E-state index in [1.165, 1.54) is 0 Å². The highest BCUT2D eigenvalue weighted by molar-refractivity contribution is 6.30. The van der Waals surface area contributed by atoms with Gasteiger partial charge < -0.3 is 16.0 Å². The van der Waals surface area contributed by atoms with Gasteiger partial charge in [0.1, 0.15) is 0 Å². The maximum absolute atomic E-state index is 12.2. The molecule has 1 aromatic heterocycles. The van der Waals surface area contributed by atoms with E-state index in [0.717, 1.165) is 38.5 Å².